The van der Waals surface area contributed by atoms with Crippen molar-refractivity contribution in [2.45, 2.75) is 44.7 Å². The van der Waals surface area contributed by atoms with Crippen molar-refractivity contribution in [1.29, 1.82) is 0 Å². The molecule has 0 saturated heterocycles. The van der Waals surface area contributed by atoms with Gasteiger partial charge in [0.25, 0.3) is 0 Å². The van der Waals surface area contributed by atoms with Crippen LogP contribution in [0.3, 0.4) is 0 Å². The van der Waals surface area contributed by atoms with Crippen LogP contribution in [0.5, 0.6) is 0 Å². The van der Waals surface area contributed by atoms with Gasteiger partial charge in [0, 0.05) is 53.4 Å². The van der Waals surface area contributed by atoms with Gasteiger partial charge in [-0.05, 0) is 57.2 Å². The Labute approximate surface area is 485 Å². The lowest BCUT2D eigenvalue weighted by atomic mass is 9.76. The molecule has 3 aliphatic carbocycles. The highest BCUT2D eigenvalue weighted by molar-refractivity contribution is 7.84. The minimum atomic E-state index is -2.42. The number of fused-ring (bicyclic) bond motifs is 5. The third kappa shape index (κ3) is 10.8. The number of hydrogen-bond donors (Lipinski definition) is 0. The Kier molecular flexibility index (Phi) is 15.7. The van der Waals surface area contributed by atoms with Gasteiger partial charge in [-0.3, -0.25) is 19.2 Å². The van der Waals surface area contributed by atoms with E-state index in [2.05, 4.69) is 0 Å². The Bertz CT molecular complexity index is 3810. The topological polar surface area (TPSA) is 105 Å². The zero-order valence-corrected chi connectivity index (χ0v) is 46.8. The summed E-state index contributed by atoms with van der Waals surface area (Å²) in [5.41, 5.74) is 5.76. The number of carbonyl (C=O) groups is 4. The first-order valence-electron chi connectivity index (χ1n) is 25.1. The Morgan fingerprint density at radius 2 is 0.886 bits per heavy atom. The minimum Gasteiger partial charge on any atom is -0.461 e. The van der Waals surface area contributed by atoms with Gasteiger partial charge in [-0.1, -0.05) is 225 Å². The molecule has 0 aliphatic heterocycles. The fraction of sp³-hybridized carbons (Fsp3) is 0.108. The summed E-state index contributed by atoms with van der Waals surface area (Å²) in [5.74, 6) is -3.19. The SMILES string of the molecule is O=C(CC1=C(/C=C(/C=C2C(=S)c3ccccc3C2=S)CC(=O)OCc2ccccc2)C(C(=O)OCc2ccccc2)(C(=O)OCc2ccccc2)c2c1sc1cc(C=C3C(=S)c4ccccc4C3=S)sc21)OCc1ccccc1. The summed E-state index contributed by atoms with van der Waals surface area (Å²) in [6.07, 6.45) is 4.50. The van der Waals surface area contributed by atoms with Crippen molar-refractivity contribution < 1.29 is 38.1 Å². The Morgan fingerprint density at radius 1 is 0.481 bits per heavy atom. The van der Waals surface area contributed by atoms with Crippen LogP contribution in [0, 0.1) is 0 Å². The molecule has 8 aromatic rings. The fourth-order valence-electron chi connectivity index (χ4n) is 9.91. The molecule has 0 atom stereocenters. The monoisotopic (exact) mass is 1140 g/mol. The van der Waals surface area contributed by atoms with Gasteiger partial charge in [-0.25, -0.2) is 0 Å². The number of allylic oxidation sites excluding steroid dienone is 4. The molecule has 8 nitrogen and oxygen atoms in total. The first kappa shape index (κ1) is 53.2. The predicted molar refractivity (Wildman–Crippen MR) is 326 cm³/mol. The number of esters is 4. The number of ether oxygens (including phenoxy) is 4. The van der Waals surface area contributed by atoms with E-state index < -0.39 is 35.7 Å². The van der Waals surface area contributed by atoms with E-state index in [9.17, 15) is 9.59 Å². The van der Waals surface area contributed by atoms with E-state index in [1.54, 1.807) is 12.2 Å². The number of carbonyl (C=O) groups excluding carboxylic acids is 4. The van der Waals surface area contributed by atoms with Gasteiger partial charge in [-0.15, -0.1) is 22.7 Å². The van der Waals surface area contributed by atoms with Crippen LogP contribution in [0.1, 0.15) is 72.7 Å². The predicted octanol–water partition coefficient (Wildman–Crippen LogP) is 14.3. The molecule has 3 aliphatic rings. The zero-order valence-electron chi connectivity index (χ0n) is 41.9. The minimum absolute atomic E-state index is 0.0256. The van der Waals surface area contributed by atoms with E-state index >= 15 is 9.59 Å². The summed E-state index contributed by atoms with van der Waals surface area (Å²) < 4.78 is 26.0. The summed E-state index contributed by atoms with van der Waals surface area (Å²) in [4.78, 5) is 64.5. The van der Waals surface area contributed by atoms with E-state index in [0.29, 0.717) is 56.9 Å². The van der Waals surface area contributed by atoms with Gasteiger partial charge < -0.3 is 18.9 Å². The Balaban J connectivity index is 1.14. The lowest BCUT2D eigenvalue weighted by Crippen LogP contribution is -2.46. The maximum absolute atomic E-state index is 16.1. The van der Waals surface area contributed by atoms with Crippen LogP contribution < -0.4 is 0 Å². The maximum atomic E-state index is 16.1. The van der Waals surface area contributed by atoms with Crippen LogP contribution in [0.25, 0.3) is 21.0 Å². The van der Waals surface area contributed by atoms with E-state index in [4.69, 9.17) is 67.8 Å². The molecule has 388 valence electrons. The summed E-state index contributed by atoms with van der Waals surface area (Å²) in [5, 5.41) is 0. The van der Waals surface area contributed by atoms with Crippen LogP contribution >= 0.6 is 71.5 Å². The van der Waals surface area contributed by atoms with E-state index in [-0.39, 0.29) is 49.6 Å². The zero-order chi connectivity index (χ0) is 54.6. The second-order valence-corrected chi connectivity index (χ2v) is 22.6. The molecule has 0 bridgehead atoms. The molecule has 6 aromatic carbocycles. The molecule has 2 aromatic heterocycles. The molecule has 0 radical (unpaired) electrons. The van der Waals surface area contributed by atoms with Gasteiger partial charge >= 0.3 is 23.9 Å². The third-order valence-electron chi connectivity index (χ3n) is 13.7. The number of thiophene rings is 2. The van der Waals surface area contributed by atoms with E-state index in [1.807, 2.05) is 182 Å². The van der Waals surface area contributed by atoms with Gasteiger partial charge in [0.15, 0.2) is 0 Å². The third-order valence-corrected chi connectivity index (χ3v) is 17.9. The second-order valence-electron chi connectivity index (χ2n) is 18.8. The quantitative estimate of drug-likeness (QED) is 0.0285. The standard InChI is InChI=1S/C65H44O8S6/c66-54(70-35-39-17-5-1-6-18-39)31-43(29-50-57(74)45-25-13-14-26-46(45)58(50)75)30-52-49(34-55(67)71-36-40-19-7-2-8-20-40)61-56(62-53(79-61)33-44(78-62)32-51-59(76)47-27-15-16-28-48(47)60(51)77)65(52,63(68)72-37-41-21-9-3-10-22-41)64(69)73-38-42-23-11-4-12-24-42/h1-30,32-33H,31,34-38H2/b43-30-. The van der Waals surface area contributed by atoms with Crippen molar-refractivity contribution in [2.24, 2.45) is 0 Å². The molecule has 0 amide bonds. The van der Waals surface area contributed by atoms with Crippen LogP contribution in [0.15, 0.2) is 210 Å². The van der Waals surface area contributed by atoms with Crippen LogP contribution in [0.2, 0.25) is 0 Å². The molecular formula is C65H44O8S6. The highest BCUT2D eigenvalue weighted by Crippen LogP contribution is 2.58. The highest BCUT2D eigenvalue weighted by atomic mass is 32.1. The normalized spacial score (nSPS) is 14.3. The maximum Gasteiger partial charge on any atom is 0.333 e. The largest absolute Gasteiger partial charge is 0.461 e. The van der Waals surface area contributed by atoms with Gasteiger partial charge in [-0.2, -0.15) is 0 Å². The fourth-order valence-corrected chi connectivity index (χ4v) is 14.2. The lowest BCUT2D eigenvalue weighted by Gasteiger charge is -2.29. The van der Waals surface area contributed by atoms with E-state index in [0.717, 1.165) is 43.0 Å². The molecule has 0 fully saturated rings. The molecule has 11 rings (SSSR count). The summed E-state index contributed by atoms with van der Waals surface area (Å²) in [6.45, 7) is -0.508. The number of rotatable bonds is 17. The van der Waals surface area contributed by atoms with Crippen LogP contribution in [-0.4, -0.2) is 43.3 Å². The van der Waals surface area contributed by atoms with Crippen molar-refractivity contribution in [3.8, 4) is 0 Å². The molecule has 0 unspecified atom stereocenters. The lowest BCUT2D eigenvalue weighted by molar-refractivity contribution is -0.164. The molecular weight excluding hydrogens is 1100 g/mol. The Morgan fingerprint density at radius 3 is 1.34 bits per heavy atom. The van der Waals surface area contributed by atoms with Gasteiger partial charge in [0.05, 0.1) is 37.0 Å². The van der Waals surface area contributed by atoms with Crippen LogP contribution in [0.4, 0.5) is 0 Å². The van der Waals surface area contributed by atoms with Crippen LogP contribution in [-0.2, 0) is 70.0 Å². The summed E-state index contributed by atoms with van der Waals surface area (Å²) in [6, 6.07) is 54.0. The number of thiocarbonyl (C=S) groups is 4. The molecule has 14 heteroatoms. The first-order valence-corrected chi connectivity index (χ1v) is 28.4. The molecule has 0 spiro atoms. The highest BCUT2D eigenvalue weighted by Gasteiger charge is 2.61. The molecule has 2 heterocycles. The van der Waals surface area contributed by atoms with Crippen molar-refractivity contribution in [3.63, 3.8) is 0 Å². The molecule has 0 saturated carbocycles. The smallest absolute Gasteiger partial charge is 0.333 e. The van der Waals surface area contributed by atoms with E-state index in [1.165, 1.54) is 22.7 Å². The average molecular weight is 1150 g/mol. The molecule has 0 N–H and O–H groups in total. The molecule has 79 heavy (non-hydrogen) atoms. The van der Waals surface area contributed by atoms with Crippen molar-refractivity contribution in [1.82, 2.24) is 0 Å². The van der Waals surface area contributed by atoms with Crippen molar-refractivity contribution in [2.75, 3.05) is 0 Å². The Hall–Kier alpha value is -7.82. The first-order chi connectivity index (χ1) is 38.5. The number of hydrogen-bond acceptors (Lipinski definition) is 14. The van der Waals surface area contributed by atoms with Gasteiger partial charge in [0.1, 0.15) is 26.4 Å². The van der Waals surface area contributed by atoms with Crippen molar-refractivity contribution in [3.05, 3.63) is 270 Å². The summed E-state index contributed by atoms with van der Waals surface area (Å²) >= 11 is 26.8. The second kappa shape index (κ2) is 23.3. The van der Waals surface area contributed by atoms with Crippen molar-refractivity contribution >= 4 is 136 Å². The summed E-state index contributed by atoms with van der Waals surface area (Å²) in [7, 11) is 0. The van der Waals surface area contributed by atoms with Gasteiger partial charge in [0.2, 0.25) is 5.41 Å². The number of benzene rings is 6. The average Bonchev–Trinajstić information content (AvgIpc) is 3.16.